The predicted molar refractivity (Wildman–Crippen MR) is 115 cm³/mol. The second-order valence-corrected chi connectivity index (χ2v) is 6.95. The van der Waals surface area contributed by atoms with Gasteiger partial charge in [0, 0.05) is 32.5 Å². The molecule has 9 N–H and O–H groups in total. The minimum Gasteiger partial charge on any atom is -0.481 e. The average molecular weight is 437 g/mol. The second kappa shape index (κ2) is 14.7. The standard InChI is InChI=1S/C20H32N6O5/c21-13-15-5-3-4-14(12-15)9-11-24-20(22)23-10-2-1-6-17(27)25-16(19(30)26-31)7-8-18(28)29/h3-5,12,16,31H,1-2,6-11,13,21H2,(H,25,27)(H,26,30)(H,28,29)(H3,22,23,24). The maximum Gasteiger partial charge on any atom is 0.303 e. The van der Waals surface area contributed by atoms with Crippen LogP contribution in [-0.4, -0.2) is 53.2 Å². The van der Waals surface area contributed by atoms with Crippen molar-refractivity contribution in [2.45, 2.75) is 51.1 Å². The molecule has 0 fully saturated rings. The van der Waals surface area contributed by atoms with Gasteiger partial charge in [-0.15, -0.1) is 0 Å². The highest BCUT2D eigenvalue weighted by atomic mass is 16.5. The van der Waals surface area contributed by atoms with E-state index >= 15 is 0 Å². The van der Waals surface area contributed by atoms with E-state index in [9.17, 15) is 14.4 Å². The Balaban J connectivity index is 2.24. The summed E-state index contributed by atoms with van der Waals surface area (Å²) in [5.41, 5.74) is 15.1. The molecule has 1 rings (SSSR count). The lowest BCUT2D eigenvalue weighted by atomic mass is 10.1. The number of aliphatic carboxylic acids is 1. The number of carboxylic acids is 1. The van der Waals surface area contributed by atoms with Gasteiger partial charge in [-0.25, -0.2) is 5.48 Å². The summed E-state index contributed by atoms with van der Waals surface area (Å²) in [4.78, 5) is 38.3. The molecular weight excluding hydrogens is 404 g/mol. The van der Waals surface area contributed by atoms with Crippen molar-refractivity contribution in [3.63, 3.8) is 0 Å². The fraction of sp³-hybridized carbons (Fsp3) is 0.500. The molecule has 0 bridgehead atoms. The number of benzene rings is 1. The number of guanidine groups is 1. The van der Waals surface area contributed by atoms with E-state index in [1.807, 2.05) is 18.2 Å². The molecule has 0 aromatic heterocycles. The van der Waals surface area contributed by atoms with Crippen LogP contribution in [0.15, 0.2) is 29.3 Å². The Morgan fingerprint density at radius 1 is 1.13 bits per heavy atom. The number of hydroxylamine groups is 1. The van der Waals surface area contributed by atoms with Crippen molar-refractivity contribution in [2.75, 3.05) is 13.1 Å². The summed E-state index contributed by atoms with van der Waals surface area (Å²) in [6.07, 6.45) is 1.63. The molecule has 0 aliphatic rings. The van der Waals surface area contributed by atoms with Gasteiger partial charge in [0.2, 0.25) is 5.91 Å². The molecule has 31 heavy (non-hydrogen) atoms. The van der Waals surface area contributed by atoms with Crippen molar-refractivity contribution >= 4 is 23.7 Å². The Hall–Kier alpha value is -3.18. The molecule has 0 spiro atoms. The number of aliphatic imine (C=N–C) groups is 1. The molecule has 1 unspecified atom stereocenters. The van der Waals surface area contributed by atoms with Gasteiger partial charge in [0.25, 0.3) is 5.91 Å². The molecule has 0 saturated carbocycles. The van der Waals surface area contributed by atoms with E-state index in [1.54, 1.807) is 0 Å². The Morgan fingerprint density at radius 3 is 2.55 bits per heavy atom. The highest BCUT2D eigenvalue weighted by Gasteiger charge is 2.21. The molecule has 2 amide bonds. The van der Waals surface area contributed by atoms with E-state index in [-0.39, 0.29) is 19.3 Å². The molecular formula is C20H32N6O5. The van der Waals surface area contributed by atoms with Gasteiger partial charge in [-0.05, 0) is 36.8 Å². The number of carbonyl (C=O) groups excluding carboxylic acids is 2. The van der Waals surface area contributed by atoms with E-state index in [2.05, 4.69) is 21.7 Å². The normalized spacial score (nSPS) is 12.1. The van der Waals surface area contributed by atoms with Gasteiger partial charge in [-0.2, -0.15) is 0 Å². The van der Waals surface area contributed by atoms with Crippen LogP contribution in [-0.2, 0) is 27.3 Å². The zero-order valence-electron chi connectivity index (χ0n) is 17.5. The van der Waals surface area contributed by atoms with Crippen molar-refractivity contribution in [3.05, 3.63) is 35.4 Å². The number of hydrogen-bond donors (Lipinski definition) is 7. The number of nitrogens with two attached hydrogens (primary N) is 2. The summed E-state index contributed by atoms with van der Waals surface area (Å²) in [5.74, 6) is -2.03. The third kappa shape index (κ3) is 11.6. The second-order valence-electron chi connectivity index (χ2n) is 6.95. The fourth-order valence-electron chi connectivity index (χ4n) is 2.78. The quantitative estimate of drug-likeness (QED) is 0.0674. The minimum absolute atomic E-state index is 0.115. The molecule has 1 atom stereocenters. The Bertz CT molecular complexity index is 755. The van der Waals surface area contributed by atoms with E-state index in [4.69, 9.17) is 21.8 Å². The lowest BCUT2D eigenvalue weighted by Gasteiger charge is -2.15. The first kappa shape index (κ1) is 25.9. The summed E-state index contributed by atoms with van der Waals surface area (Å²) in [6, 6.07) is 6.92. The summed E-state index contributed by atoms with van der Waals surface area (Å²) in [6.45, 7) is 1.57. The fourth-order valence-corrected chi connectivity index (χ4v) is 2.78. The zero-order chi connectivity index (χ0) is 23.1. The summed E-state index contributed by atoms with van der Waals surface area (Å²) in [5, 5.41) is 22.8. The van der Waals surface area contributed by atoms with Crippen LogP contribution in [0.3, 0.4) is 0 Å². The van der Waals surface area contributed by atoms with E-state index in [0.717, 1.165) is 17.5 Å². The largest absolute Gasteiger partial charge is 0.481 e. The SMILES string of the molecule is NCc1cccc(CCNC(N)=NCCCCC(=O)NC(CCC(=O)O)C(=O)NO)c1. The third-order valence-corrected chi connectivity index (χ3v) is 4.45. The number of nitrogens with one attached hydrogen (secondary N) is 3. The topological polar surface area (TPSA) is 192 Å². The van der Waals surface area contributed by atoms with Crippen LogP contribution >= 0.6 is 0 Å². The number of carboxylic acid groups (broad SMARTS) is 1. The van der Waals surface area contributed by atoms with Crippen LogP contribution in [0, 0.1) is 0 Å². The molecule has 11 heteroatoms. The van der Waals surface area contributed by atoms with Gasteiger partial charge in [0.15, 0.2) is 5.96 Å². The molecule has 0 aliphatic carbocycles. The number of carbonyl (C=O) groups is 3. The summed E-state index contributed by atoms with van der Waals surface area (Å²) < 4.78 is 0. The van der Waals surface area contributed by atoms with Gasteiger partial charge >= 0.3 is 5.97 Å². The summed E-state index contributed by atoms with van der Waals surface area (Å²) >= 11 is 0. The number of amides is 2. The van der Waals surface area contributed by atoms with Crippen LogP contribution in [0.5, 0.6) is 0 Å². The van der Waals surface area contributed by atoms with E-state index < -0.39 is 23.8 Å². The maximum absolute atomic E-state index is 11.9. The van der Waals surface area contributed by atoms with Crippen LogP contribution in [0.1, 0.15) is 43.2 Å². The highest BCUT2D eigenvalue weighted by molar-refractivity contribution is 5.87. The summed E-state index contributed by atoms with van der Waals surface area (Å²) in [7, 11) is 0. The maximum atomic E-state index is 11.9. The zero-order valence-corrected chi connectivity index (χ0v) is 17.5. The number of unbranched alkanes of at least 4 members (excludes halogenated alkanes) is 1. The lowest BCUT2D eigenvalue weighted by molar-refractivity contribution is -0.139. The van der Waals surface area contributed by atoms with Crippen molar-refractivity contribution in [2.24, 2.45) is 16.5 Å². The molecule has 0 aliphatic heterocycles. The Morgan fingerprint density at radius 2 is 1.87 bits per heavy atom. The highest BCUT2D eigenvalue weighted by Crippen LogP contribution is 2.05. The molecule has 11 nitrogen and oxygen atoms in total. The number of rotatable bonds is 14. The van der Waals surface area contributed by atoms with Crippen LogP contribution in [0.2, 0.25) is 0 Å². The van der Waals surface area contributed by atoms with Crippen molar-refractivity contribution in [1.82, 2.24) is 16.1 Å². The van der Waals surface area contributed by atoms with Gasteiger partial charge in [0.1, 0.15) is 6.04 Å². The first-order chi connectivity index (χ1) is 14.8. The van der Waals surface area contributed by atoms with Crippen molar-refractivity contribution in [3.8, 4) is 0 Å². The average Bonchev–Trinajstić information content (AvgIpc) is 2.75. The van der Waals surface area contributed by atoms with E-state index in [1.165, 1.54) is 5.48 Å². The van der Waals surface area contributed by atoms with E-state index in [0.29, 0.717) is 38.4 Å². The van der Waals surface area contributed by atoms with Gasteiger partial charge < -0.3 is 27.2 Å². The Kier molecular flexibility index (Phi) is 12.3. The number of nitrogens with zero attached hydrogens (tertiary/aromatic N) is 1. The van der Waals surface area contributed by atoms with Gasteiger partial charge in [0.05, 0.1) is 0 Å². The first-order valence-electron chi connectivity index (χ1n) is 10.1. The molecule has 0 radical (unpaired) electrons. The Labute approximate surface area is 181 Å². The number of hydrogen-bond acceptors (Lipinski definition) is 6. The molecule has 0 saturated heterocycles. The third-order valence-electron chi connectivity index (χ3n) is 4.45. The monoisotopic (exact) mass is 436 g/mol. The van der Waals surface area contributed by atoms with Gasteiger partial charge in [-0.3, -0.25) is 24.6 Å². The smallest absolute Gasteiger partial charge is 0.303 e. The molecule has 1 aromatic carbocycles. The van der Waals surface area contributed by atoms with Crippen molar-refractivity contribution < 1.29 is 24.7 Å². The van der Waals surface area contributed by atoms with Crippen LogP contribution < -0.4 is 27.6 Å². The van der Waals surface area contributed by atoms with Gasteiger partial charge in [-0.1, -0.05) is 24.3 Å². The predicted octanol–water partition coefficient (Wildman–Crippen LogP) is -0.383. The lowest BCUT2D eigenvalue weighted by Crippen LogP contribution is -2.46. The van der Waals surface area contributed by atoms with Crippen molar-refractivity contribution in [1.29, 1.82) is 0 Å². The molecule has 1 aromatic rings. The molecule has 172 valence electrons. The molecule has 0 heterocycles. The minimum atomic E-state index is -1.10. The van der Waals surface area contributed by atoms with Crippen LogP contribution in [0.25, 0.3) is 0 Å². The van der Waals surface area contributed by atoms with Crippen LogP contribution in [0.4, 0.5) is 0 Å². The first-order valence-corrected chi connectivity index (χ1v) is 10.1.